The molecule has 0 saturated heterocycles. The second-order valence-corrected chi connectivity index (χ2v) is 5.23. The third-order valence-corrected chi connectivity index (χ3v) is 3.62. The summed E-state index contributed by atoms with van der Waals surface area (Å²) in [6, 6.07) is 3.95. The molecule has 2 nitrogen and oxygen atoms in total. The highest BCUT2D eigenvalue weighted by atomic mass is 127. The highest BCUT2D eigenvalue weighted by Crippen LogP contribution is 2.25. The van der Waals surface area contributed by atoms with Crippen molar-refractivity contribution in [3.63, 3.8) is 0 Å². The Hall–Kier alpha value is 0.380. The summed E-state index contributed by atoms with van der Waals surface area (Å²) in [7, 11) is 1.51. The number of benzene rings is 1. The van der Waals surface area contributed by atoms with E-state index in [4.69, 9.17) is 10.1 Å². The number of halogens is 3. The van der Waals surface area contributed by atoms with E-state index in [0.29, 0.717) is 5.33 Å². The number of methoxy groups -OCH3 is 1. The maximum Gasteiger partial charge on any atom is 0.214 e. The first kappa shape index (κ1) is 12.4. The Kier molecular flexibility index (Phi) is 4.86. The normalized spacial score (nSPS) is 10.0. The molecular formula is C9H8Br2INO. The fraction of sp³-hybridized carbons (Fsp3) is 0.222. The van der Waals surface area contributed by atoms with Crippen molar-refractivity contribution in [2.24, 2.45) is 0 Å². The second kappa shape index (κ2) is 5.46. The maximum atomic E-state index is 7.67. The van der Waals surface area contributed by atoms with Gasteiger partial charge in [-0.2, -0.15) is 0 Å². The summed E-state index contributed by atoms with van der Waals surface area (Å²) in [5.74, 6) is 0.205. The standard InChI is InChI=1S/C9H8Br2INO/c1-14-9(13)8-5(4-10)2-6(11)3-7(8)12/h2-3,13H,4H2,1H3. The predicted octanol–water partition coefficient (Wildman–Crippen LogP) is 3.92. The molecule has 0 aromatic heterocycles. The monoisotopic (exact) mass is 431 g/mol. The van der Waals surface area contributed by atoms with Crippen LogP contribution in [-0.4, -0.2) is 13.0 Å². The number of ether oxygens (including phenoxy) is 1. The molecule has 5 heteroatoms. The lowest BCUT2D eigenvalue weighted by Gasteiger charge is -2.10. The molecule has 0 radical (unpaired) electrons. The van der Waals surface area contributed by atoms with Crippen molar-refractivity contribution in [3.05, 3.63) is 31.3 Å². The van der Waals surface area contributed by atoms with E-state index in [1.807, 2.05) is 12.1 Å². The van der Waals surface area contributed by atoms with Crippen LogP contribution in [0.1, 0.15) is 11.1 Å². The average Bonchev–Trinajstić information content (AvgIpc) is 2.15. The summed E-state index contributed by atoms with van der Waals surface area (Å²) in [5, 5.41) is 8.38. The summed E-state index contributed by atoms with van der Waals surface area (Å²) in [6.07, 6.45) is 0. The SMILES string of the molecule is COC(=N)c1c(I)cc(Br)cc1CBr. The average molecular weight is 433 g/mol. The molecule has 0 aliphatic carbocycles. The van der Waals surface area contributed by atoms with E-state index in [-0.39, 0.29) is 5.90 Å². The smallest absolute Gasteiger partial charge is 0.214 e. The van der Waals surface area contributed by atoms with Gasteiger partial charge in [0.15, 0.2) is 0 Å². The fourth-order valence-electron chi connectivity index (χ4n) is 1.09. The molecule has 0 heterocycles. The van der Waals surface area contributed by atoms with Crippen LogP contribution in [0.4, 0.5) is 0 Å². The summed E-state index contributed by atoms with van der Waals surface area (Å²) in [6.45, 7) is 0. The van der Waals surface area contributed by atoms with Gasteiger partial charge in [0.25, 0.3) is 0 Å². The molecule has 0 unspecified atom stereocenters. The molecule has 1 aromatic carbocycles. The zero-order chi connectivity index (χ0) is 10.7. The van der Waals surface area contributed by atoms with Crippen LogP contribution in [0.2, 0.25) is 0 Å². The van der Waals surface area contributed by atoms with Crippen molar-refractivity contribution in [2.45, 2.75) is 5.33 Å². The van der Waals surface area contributed by atoms with Crippen molar-refractivity contribution < 1.29 is 4.74 Å². The molecule has 1 aromatic rings. The van der Waals surface area contributed by atoms with Gasteiger partial charge in [0.2, 0.25) is 5.90 Å². The zero-order valence-corrected chi connectivity index (χ0v) is 12.7. The van der Waals surface area contributed by atoms with Crippen LogP contribution < -0.4 is 0 Å². The lowest BCUT2D eigenvalue weighted by Crippen LogP contribution is -2.07. The van der Waals surface area contributed by atoms with Crippen LogP contribution in [0.3, 0.4) is 0 Å². The first-order valence-corrected chi connectivity index (χ1v) is 6.76. The van der Waals surface area contributed by atoms with Gasteiger partial charge in [0, 0.05) is 13.4 Å². The van der Waals surface area contributed by atoms with E-state index in [1.54, 1.807) is 0 Å². The van der Waals surface area contributed by atoms with Crippen molar-refractivity contribution in [1.82, 2.24) is 0 Å². The minimum absolute atomic E-state index is 0.205. The molecule has 0 aliphatic heterocycles. The van der Waals surface area contributed by atoms with Gasteiger partial charge in [-0.05, 0) is 40.3 Å². The Morgan fingerprint density at radius 3 is 2.71 bits per heavy atom. The van der Waals surface area contributed by atoms with E-state index in [2.05, 4.69) is 54.5 Å². The second-order valence-electron chi connectivity index (χ2n) is 2.59. The minimum Gasteiger partial charge on any atom is -0.481 e. The molecule has 0 saturated carbocycles. The van der Waals surface area contributed by atoms with Crippen LogP contribution in [0.15, 0.2) is 16.6 Å². The van der Waals surface area contributed by atoms with Gasteiger partial charge in [0.1, 0.15) is 0 Å². The van der Waals surface area contributed by atoms with Crippen molar-refractivity contribution in [1.29, 1.82) is 5.41 Å². The van der Waals surface area contributed by atoms with Crippen LogP contribution in [0.25, 0.3) is 0 Å². The fourth-order valence-corrected chi connectivity index (χ4v) is 3.39. The first-order chi connectivity index (χ1) is 6.60. The van der Waals surface area contributed by atoms with Crippen LogP contribution in [0, 0.1) is 8.98 Å². The largest absolute Gasteiger partial charge is 0.481 e. The highest BCUT2D eigenvalue weighted by molar-refractivity contribution is 14.1. The summed E-state index contributed by atoms with van der Waals surface area (Å²) in [4.78, 5) is 0. The first-order valence-electron chi connectivity index (χ1n) is 3.77. The Labute approximate surface area is 113 Å². The molecule has 0 amide bonds. The molecule has 0 bridgehead atoms. The van der Waals surface area contributed by atoms with Crippen LogP contribution >= 0.6 is 54.5 Å². The van der Waals surface area contributed by atoms with Crippen molar-refractivity contribution in [2.75, 3.05) is 7.11 Å². The molecule has 1 N–H and O–H groups in total. The highest BCUT2D eigenvalue weighted by Gasteiger charge is 2.12. The van der Waals surface area contributed by atoms with E-state index < -0.39 is 0 Å². The van der Waals surface area contributed by atoms with Crippen LogP contribution in [-0.2, 0) is 10.1 Å². The van der Waals surface area contributed by atoms with Crippen molar-refractivity contribution in [3.8, 4) is 0 Å². The molecule has 0 aliphatic rings. The molecule has 0 fully saturated rings. The number of nitrogens with one attached hydrogen (secondary N) is 1. The summed E-state index contributed by atoms with van der Waals surface area (Å²) in [5.41, 5.74) is 1.91. The number of alkyl halides is 1. The van der Waals surface area contributed by atoms with Gasteiger partial charge in [-0.15, -0.1) is 0 Å². The minimum atomic E-state index is 0.205. The van der Waals surface area contributed by atoms with Gasteiger partial charge in [0.05, 0.1) is 12.7 Å². The Morgan fingerprint density at radius 1 is 1.57 bits per heavy atom. The van der Waals surface area contributed by atoms with Crippen LogP contribution in [0.5, 0.6) is 0 Å². The topological polar surface area (TPSA) is 33.1 Å². The Bertz CT molecular complexity index is 368. The number of rotatable bonds is 2. The molecule has 0 spiro atoms. The molecule has 0 atom stereocenters. The molecule has 14 heavy (non-hydrogen) atoms. The van der Waals surface area contributed by atoms with Gasteiger partial charge >= 0.3 is 0 Å². The molecule has 76 valence electrons. The Balaban J connectivity index is 3.32. The van der Waals surface area contributed by atoms with E-state index in [0.717, 1.165) is 19.2 Å². The van der Waals surface area contributed by atoms with Gasteiger partial charge in [-0.3, -0.25) is 5.41 Å². The predicted molar refractivity (Wildman–Crippen MR) is 73.3 cm³/mol. The number of hydrogen-bond donors (Lipinski definition) is 1. The van der Waals surface area contributed by atoms with E-state index in [9.17, 15) is 0 Å². The zero-order valence-electron chi connectivity index (χ0n) is 7.40. The summed E-state index contributed by atoms with van der Waals surface area (Å²) >= 11 is 9.02. The van der Waals surface area contributed by atoms with Gasteiger partial charge in [-0.25, -0.2) is 0 Å². The number of hydrogen-bond acceptors (Lipinski definition) is 2. The lowest BCUT2D eigenvalue weighted by atomic mass is 10.1. The Morgan fingerprint density at radius 2 is 2.21 bits per heavy atom. The molecular weight excluding hydrogens is 425 g/mol. The maximum absolute atomic E-state index is 7.67. The van der Waals surface area contributed by atoms with Gasteiger partial charge in [-0.1, -0.05) is 31.9 Å². The molecule has 1 rings (SSSR count). The third-order valence-electron chi connectivity index (χ3n) is 1.71. The van der Waals surface area contributed by atoms with E-state index in [1.165, 1.54) is 7.11 Å². The lowest BCUT2D eigenvalue weighted by molar-refractivity contribution is 0.400. The van der Waals surface area contributed by atoms with Crippen molar-refractivity contribution >= 4 is 60.3 Å². The third kappa shape index (κ3) is 2.70. The van der Waals surface area contributed by atoms with E-state index >= 15 is 0 Å². The summed E-state index contributed by atoms with van der Waals surface area (Å²) < 4.78 is 6.97. The van der Waals surface area contributed by atoms with Gasteiger partial charge < -0.3 is 4.74 Å². The quantitative estimate of drug-likeness (QED) is 0.327.